The van der Waals surface area contributed by atoms with Crippen molar-refractivity contribution in [3.8, 4) is 17.1 Å². The number of hydrogen-bond donors (Lipinski definition) is 2. The lowest BCUT2D eigenvalue weighted by molar-refractivity contribution is 0.102. The summed E-state index contributed by atoms with van der Waals surface area (Å²) < 4.78 is 6.36. The fourth-order valence-electron chi connectivity index (χ4n) is 2.05. The van der Waals surface area contributed by atoms with E-state index in [2.05, 4.69) is 43.1 Å². The molecule has 7 heteroatoms. The molecule has 116 valence electrons. The minimum atomic E-state index is -0.257. The molecule has 1 heterocycles. The highest BCUT2D eigenvalue weighted by Crippen LogP contribution is 2.27. The van der Waals surface area contributed by atoms with E-state index in [0.29, 0.717) is 17.1 Å². The van der Waals surface area contributed by atoms with E-state index < -0.39 is 0 Å². The number of rotatable bonds is 4. The molecule has 0 spiro atoms. The Labute approximate surface area is 146 Å². The molecule has 23 heavy (non-hydrogen) atoms. The summed E-state index contributed by atoms with van der Waals surface area (Å²) in [5.74, 6) is 1.17. The topological polar surface area (TPSA) is 79.9 Å². The van der Waals surface area contributed by atoms with Gasteiger partial charge in [-0.25, -0.2) is 0 Å². The number of aromatic amines is 1. The molecule has 0 radical (unpaired) electrons. The third-order valence-electron chi connectivity index (χ3n) is 3.18. The maximum absolute atomic E-state index is 12.2. The zero-order valence-electron chi connectivity index (χ0n) is 12.2. The van der Waals surface area contributed by atoms with Crippen LogP contribution in [0.15, 0.2) is 48.5 Å². The number of anilines is 1. The van der Waals surface area contributed by atoms with Crippen LogP contribution in [0.2, 0.25) is 0 Å². The van der Waals surface area contributed by atoms with Crippen LogP contribution in [0.4, 0.5) is 5.95 Å². The van der Waals surface area contributed by atoms with Crippen molar-refractivity contribution >= 4 is 34.4 Å². The molecule has 2 aromatic carbocycles. The first-order chi connectivity index (χ1) is 11.2. The number of nitrogens with zero attached hydrogens (tertiary/aromatic N) is 2. The minimum absolute atomic E-state index is 0.217. The summed E-state index contributed by atoms with van der Waals surface area (Å²) in [4.78, 5) is 16.5. The molecule has 0 bridgehead atoms. The van der Waals surface area contributed by atoms with Gasteiger partial charge in [-0.15, -0.1) is 5.10 Å². The molecule has 0 atom stereocenters. The van der Waals surface area contributed by atoms with Crippen molar-refractivity contribution in [2.24, 2.45) is 0 Å². The van der Waals surface area contributed by atoms with Crippen LogP contribution in [-0.4, -0.2) is 28.2 Å². The molecular formula is C16H13IN4O2. The highest BCUT2D eigenvalue weighted by atomic mass is 127. The number of methoxy groups -OCH3 is 1. The van der Waals surface area contributed by atoms with Gasteiger partial charge in [0.25, 0.3) is 5.91 Å². The number of benzene rings is 2. The molecule has 0 unspecified atom stereocenters. The number of ether oxygens (including phenoxy) is 1. The number of amides is 1. The van der Waals surface area contributed by atoms with Crippen LogP contribution in [0.25, 0.3) is 11.4 Å². The molecule has 0 fully saturated rings. The molecular weight excluding hydrogens is 407 g/mol. The van der Waals surface area contributed by atoms with Crippen molar-refractivity contribution in [1.29, 1.82) is 0 Å². The van der Waals surface area contributed by atoms with Crippen molar-refractivity contribution in [3.63, 3.8) is 0 Å². The largest absolute Gasteiger partial charge is 0.496 e. The average Bonchev–Trinajstić information content (AvgIpc) is 3.03. The number of aromatic nitrogens is 3. The zero-order chi connectivity index (χ0) is 16.2. The van der Waals surface area contributed by atoms with Gasteiger partial charge >= 0.3 is 0 Å². The number of carbonyl (C=O) groups excluding carboxylic acids is 1. The summed E-state index contributed by atoms with van der Waals surface area (Å²) in [5.41, 5.74) is 1.33. The Bertz CT molecular complexity index is 830. The fourth-order valence-corrected chi connectivity index (χ4v) is 2.41. The Morgan fingerprint density at radius 3 is 2.65 bits per heavy atom. The van der Waals surface area contributed by atoms with E-state index in [9.17, 15) is 4.79 Å². The first-order valence-corrected chi connectivity index (χ1v) is 7.88. The molecule has 6 nitrogen and oxygen atoms in total. The summed E-state index contributed by atoms with van der Waals surface area (Å²) in [6.07, 6.45) is 0. The molecule has 3 aromatic rings. The van der Waals surface area contributed by atoms with E-state index in [-0.39, 0.29) is 11.9 Å². The summed E-state index contributed by atoms with van der Waals surface area (Å²) in [5, 5.41) is 9.50. The van der Waals surface area contributed by atoms with Crippen molar-refractivity contribution < 1.29 is 9.53 Å². The van der Waals surface area contributed by atoms with Crippen LogP contribution in [-0.2, 0) is 0 Å². The Balaban J connectivity index is 1.79. The van der Waals surface area contributed by atoms with Crippen molar-refractivity contribution in [2.75, 3.05) is 12.4 Å². The average molecular weight is 420 g/mol. The van der Waals surface area contributed by atoms with Gasteiger partial charge in [-0.2, -0.15) is 4.98 Å². The number of halogens is 1. The van der Waals surface area contributed by atoms with Gasteiger partial charge in [-0.05, 0) is 59.0 Å². The Morgan fingerprint density at radius 1 is 1.17 bits per heavy atom. The minimum Gasteiger partial charge on any atom is -0.496 e. The maximum Gasteiger partial charge on any atom is 0.258 e. The standard InChI is InChI=1S/C16H13IN4O2/c1-23-13-5-3-2-4-12(13)14-18-16(21-20-14)19-15(22)10-6-8-11(17)9-7-10/h2-9H,1H3,(H2,18,19,20,21,22). The molecule has 0 aliphatic carbocycles. The van der Waals surface area contributed by atoms with Crippen LogP contribution in [0.5, 0.6) is 5.75 Å². The predicted octanol–water partition coefficient (Wildman–Crippen LogP) is 3.34. The van der Waals surface area contributed by atoms with Crippen LogP contribution in [0.3, 0.4) is 0 Å². The number of para-hydroxylation sites is 1. The lowest BCUT2D eigenvalue weighted by Crippen LogP contribution is -2.12. The maximum atomic E-state index is 12.2. The molecule has 2 N–H and O–H groups in total. The highest BCUT2D eigenvalue weighted by molar-refractivity contribution is 14.1. The molecule has 1 amide bonds. The lowest BCUT2D eigenvalue weighted by Gasteiger charge is -2.04. The van der Waals surface area contributed by atoms with E-state index >= 15 is 0 Å². The van der Waals surface area contributed by atoms with Crippen molar-refractivity contribution in [3.05, 3.63) is 57.7 Å². The van der Waals surface area contributed by atoms with E-state index in [4.69, 9.17) is 4.74 Å². The normalized spacial score (nSPS) is 10.3. The lowest BCUT2D eigenvalue weighted by atomic mass is 10.2. The Hall–Kier alpha value is -2.42. The monoisotopic (exact) mass is 420 g/mol. The Kier molecular flexibility index (Phi) is 4.56. The zero-order valence-corrected chi connectivity index (χ0v) is 14.4. The van der Waals surface area contributed by atoms with Crippen LogP contribution >= 0.6 is 22.6 Å². The van der Waals surface area contributed by atoms with Crippen LogP contribution in [0, 0.1) is 3.57 Å². The molecule has 1 aromatic heterocycles. The molecule has 0 saturated heterocycles. The summed E-state index contributed by atoms with van der Waals surface area (Å²) in [6.45, 7) is 0. The Morgan fingerprint density at radius 2 is 1.91 bits per heavy atom. The number of nitrogens with one attached hydrogen (secondary N) is 2. The van der Waals surface area contributed by atoms with Gasteiger partial charge < -0.3 is 4.74 Å². The van der Waals surface area contributed by atoms with E-state index in [1.807, 2.05) is 36.4 Å². The second kappa shape index (κ2) is 6.78. The molecule has 0 aliphatic rings. The molecule has 0 saturated carbocycles. The summed E-state index contributed by atoms with van der Waals surface area (Å²) in [7, 11) is 1.59. The van der Waals surface area contributed by atoms with Crippen LogP contribution in [0.1, 0.15) is 10.4 Å². The van der Waals surface area contributed by atoms with Crippen LogP contribution < -0.4 is 10.1 Å². The summed E-state index contributed by atoms with van der Waals surface area (Å²) in [6, 6.07) is 14.7. The van der Waals surface area contributed by atoms with Gasteiger partial charge in [0.2, 0.25) is 5.95 Å². The first-order valence-electron chi connectivity index (χ1n) is 6.80. The fraction of sp³-hybridized carbons (Fsp3) is 0.0625. The predicted molar refractivity (Wildman–Crippen MR) is 95.5 cm³/mol. The van der Waals surface area contributed by atoms with Crippen molar-refractivity contribution in [1.82, 2.24) is 15.2 Å². The van der Waals surface area contributed by atoms with Gasteiger partial charge in [0, 0.05) is 9.13 Å². The summed E-state index contributed by atoms with van der Waals surface area (Å²) >= 11 is 2.19. The van der Waals surface area contributed by atoms with Gasteiger partial charge in [0.05, 0.1) is 12.7 Å². The van der Waals surface area contributed by atoms with E-state index in [0.717, 1.165) is 9.13 Å². The van der Waals surface area contributed by atoms with Crippen molar-refractivity contribution in [2.45, 2.75) is 0 Å². The van der Waals surface area contributed by atoms with Gasteiger partial charge in [0.1, 0.15) is 5.75 Å². The van der Waals surface area contributed by atoms with Gasteiger partial charge in [-0.3, -0.25) is 15.2 Å². The second-order valence-electron chi connectivity index (χ2n) is 4.67. The third kappa shape index (κ3) is 3.50. The number of hydrogen-bond acceptors (Lipinski definition) is 4. The van der Waals surface area contributed by atoms with E-state index in [1.54, 1.807) is 19.2 Å². The third-order valence-corrected chi connectivity index (χ3v) is 3.90. The highest BCUT2D eigenvalue weighted by Gasteiger charge is 2.13. The SMILES string of the molecule is COc1ccccc1-c1nc(NC(=O)c2ccc(I)cc2)n[nH]1. The quantitative estimate of drug-likeness (QED) is 0.635. The number of carbonyl (C=O) groups is 1. The molecule has 3 rings (SSSR count). The van der Waals surface area contributed by atoms with Gasteiger partial charge in [-0.1, -0.05) is 12.1 Å². The number of H-pyrrole nitrogens is 1. The smallest absolute Gasteiger partial charge is 0.258 e. The second-order valence-corrected chi connectivity index (χ2v) is 5.91. The van der Waals surface area contributed by atoms with Gasteiger partial charge in [0.15, 0.2) is 5.82 Å². The van der Waals surface area contributed by atoms with E-state index in [1.165, 1.54) is 0 Å². The first kappa shape index (κ1) is 15.5. The molecule has 0 aliphatic heterocycles.